The Morgan fingerprint density at radius 3 is 2.85 bits per heavy atom. The third kappa shape index (κ3) is 4.15. The molecule has 134 valence electrons. The van der Waals surface area contributed by atoms with E-state index in [1.54, 1.807) is 6.20 Å². The van der Waals surface area contributed by atoms with E-state index in [0.29, 0.717) is 24.9 Å². The molecule has 3 aromatic rings. The first kappa shape index (κ1) is 16.9. The fourth-order valence-corrected chi connectivity index (χ4v) is 3.11. The molecule has 1 aliphatic heterocycles. The highest BCUT2D eigenvalue weighted by Crippen LogP contribution is 2.18. The van der Waals surface area contributed by atoms with E-state index in [0.717, 1.165) is 37.3 Å². The van der Waals surface area contributed by atoms with Gasteiger partial charge < -0.3 is 14.8 Å². The van der Waals surface area contributed by atoms with E-state index in [2.05, 4.69) is 44.5 Å². The van der Waals surface area contributed by atoms with Crippen LogP contribution in [0.15, 0.2) is 48.9 Å². The highest BCUT2D eigenvalue weighted by atomic mass is 16.5. The van der Waals surface area contributed by atoms with Crippen molar-refractivity contribution in [2.24, 2.45) is 0 Å². The summed E-state index contributed by atoms with van der Waals surface area (Å²) in [6.45, 7) is 2.93. The zero-order chi connectivity index (χ0) is 17.6. The lowest BCUT2D eigenvalue weighted by Crippen LogP contribution is -2.23. The topological polar surface area (TPSA) is 69.2 Å². The maximum absolute atomic E-state index is 6.02. The van der Waals surface area contributed by atoms with Crippen LogP contribution in [0, 0.1) is 0 Å². The molecular formula is C20H22N4O2. The van der Waals surface area contributed by atoms with Gasteiger partial charge in [0.05, 0.1) is 18.1 Å². The lowest BCUT2D eigenvalue weighted by molar-refractivity contribution is -0.0390. The molecule has 0 aliphatic carbocycles. The number of anilines is 1. The van der Waals surface area contributed by atoms with Crippen LogP contribution in [0.4, 0.5) is 5.82 Å². The number of pyridine rings is 1. The maximum atomic E-state index is 6.02. The van der Waals surface area contributed by atoms with Crippen LogP contribution in [0.2, 0.25) is 0 Å². The van der Waals surface area contributed by atoms with Crippen LogP contribution >= 0.6 is 0 Å². The van der Waals surface area contributed by atoms with E-state index in [1.165, 1.54) is 17.5 Å². The summed E-state index contributed by atoms with van der Waals surface area (Å²) in [5.74, 6) is 0.798. The van der Waals surface area contributed by atoms with Crippen molar-refractivity contribution in [1.29, 1.82) is 0 Å². The normalized spacial score (nSPS) is 15.2. The van der Waals surface area contributed by atoms with Crippen LogP contribution in [0.1, 0.15) is 24.0 Å². The third-order valence-corrected chi connectivity index (χ3v) is 4.51. The van der Waals surface area contributed by atoms with Gasteiger partial charge in [0, 0.05) is 26.0 Å². The summed E-state index contributed by atoms with van der Waals surface area (Å²) < 4.78 is 11.4. The molecule has 4 rings (SSSR count). The van der Waals surface area contributed by atoms with E-state index >= 15 is 0 Å². The zero-order valence-corrected chi connectivity index (χ0v) is 14.6. The summed E-state index contributed by atoms with van der Waals surface area (Å²) in [6.07, 6.45) is 5.55. The van der Waals surface area contributed by atoms with Crippen molar-refractivity contribution in [3.05, 3.63) is 60.0 Å². The standard InChI is InChI=1S/C20H22N4O2/c1-3-15(11-16(4-1)13-26-17-6-9-25-10-7-17)12-22-20-18-5-2-8-21-19(18)23-14-24-20/h1-5,8,11,14,17H,6-7,9-10,12-13H2,(H,21,22,23,24). The van der Waals surface area contributed by atoms with Gasteiger partial charge in [0.1, 0.15) is 12.1 Å². The van der Waals surface area contributed by atoms with Crippen molar-refractivity contribution in [3.8, 4) is 0 Å². The van der Waals surface area contributed by atoms with Crippen molar-refractivity contribution < 1.29 is 9.47 Å². The number of benzene rings is 1. The molecule has 0 atom stereocenters. The number of nitrogens with zero attached hydrogens (tertiary/aromatic N) is 3. The Morgan fingerprint density at radius 2 is 1.92 bits per heavy atom. The summed E-state index contributed by atoms with van der Waals surface area (Å²) in [7, 11) is 0. The van der Waals surface area contributed by atoms with Crippen LogP contribution in [0.5, 0.6) is 0 Å². The van der Waals surface area contributed by atoms with Gasteiger partial charge in [0.25, 0.3) is 0 Å². The van der Waals surface area contributed by atoms with Gasteiger partial charge in [-0.2, -0.15) is 0 Å². The molecule has 1 aromatic carbocycles. The van der Waals surface area contributed by atoms with E-state index < -0.39 is 0 Å². The Bertz CT molecular complexity index is 860. The molecule has 1 aliphatic rings. The fraction of sp³-hybridized carbons (Fsp3) is 0.350. The van der Waals surface area contributed by atoms with Crippen LogP contribution in [0.3, 0.4) is 0 Å². The molecule has 0 saturated carbocycles. The van der Waals surface area contributed by atoms with Crippen molar-refractivity contribution in [1.82, 2.24) is 15.0 Å². The second kappa shape index (κ2) is 8.21. The first-order chi connectivity index (χ1) is 12.9. The van der Waals surface area contributed by atoms with Gasteiger partial charge in [0.15, 0.2) is 5.65 Å². The number of hydrogen-bond acceptors (Lipinski definition) is 6. The molecule has 2 aromatic heterocycles. The maximum Gasteiger partial charge on any atom is 0.164 e. The minimum absolute atomic E-state index is 0.311. The van der Waals surface area contributed by atoms with Crippen LogP contribution in [-0.2, 0) is 22.6 Å². The molecule has 1 fully saturated rings. The number of aromatic nitrogens is 3. The minimum Gasteiger partial charge on any atom is -0.381 e. The third-order valence-electron chi connectivity index (χ3n) is 4.51. The average Bonchev–Trinajstić information content (AvgIpc) is 2.72. The lowest BCUT2D eigenvalue weighted by Gasteiger charge is -2.22. The number of fused-ring (bicyclic) bond motifs is 1. The van der Waals surface area contributed by atoms with Gasteiger partial charge in [-0.25, -0.2) is 15.0 Å². The summed E-state index contributed by atoms with van der Waals surface area (Å²) in [4.78, 5) is 12.8. The molecule has 26 heavy (non-hydrogen) atoms. The van der Waals surface area contributed by atoms with Gasteiger partial charge in [-0.05, 0) is 36.1 Å². The zero-order valence-electron chi connectivity index (χ0n) is 14.6. The quantitative estimate of drug-likeness (QED) is 0.735. The van der Waals surface area contributed by atoms with E-state index in [4.69, 9.17) is 9.47 Å². The summed E-state index contributed by atoms with van der Waals surface area (Å²) in [6, 6.07) is 12.3. The van der Waals surface area contributed by atoms with Gasteiger partial charge in [-0.15, -0.1) is 0 Å². The largest absolute Gasteiger partial charge is 0.381 e. The molecule has 1 saturated heterocycles. The molecule has 0 unspecified atom stereocenters. The monoisotopic (exact) mass is 350 g/mol. The number of nitrogens with one attached hydrogen (secondary N) is 1. The van der Waals surface area contributed by atoms with Crippen molar-refractivity contribution >= 4 is 16.9 Å². The van der Waals surface area contributed by atoms with Crippen molar-refractivity contribution in [3.63, 3.8) is 0 Å². The van der Waals surface area contributed by atoms with Crippen molar-refractivity contribution in [2.75, 3.05) is 18.5 Å². The molecule has 3 heterocycles. The molecule has 6 heteroatoms. The smallest absolute Gasteiger partial charge is 0.164 e. The second-order valence-electron chi connectivity index (χ2n) is 6.39. The van der Waals surface area contributed by atoms with E-state index in [-0.39, 0.29) is 0 Å². The Labute approximate surface area is 152 Å². The average molecular weight is 350 g/mol. The van der Waals surface area contributed by atoms with Gasteiger partial charge in [0.2, 0.25) is 0 Å². The Morgan fingerprint density at radius 1 is 1.04 bits per heavy atom. The first-order valence-corrected chi connectivity index (χ1v) is 8.95. The minimum atomic E-state index is 0.311. The number of hydrogen-bond donors (Lipinski definition) is 1. The van der Waals surface area contributed by atoms with Gasteiger partial charge in [-0.1, -0.05) is 24.3 Å². The summed E-state index contributed by atoms with van der Waals surface area (Å²) in [5, 5.41) is 4.31. The highest BCUT2D eigenvalue weighted by Gasteiger charge is 2.14. The molecule has 6 nitrogen and oxygen atoms in total. The highest BCUT2D eigenvalue weighted by molar-refractivity contribution is 5.85. The molecule has 1 N–H and O–H groups in total. The summed E-state index contributed by atoms with van der Waals surface area (Å²) >= 11 is 0. The fourth-order valence-electron chi connectivity index (χ4n) is 3.11. The number of ether oxygens (including phenoxy) is 2. The second-order valence-corrected chi connectivity index (χ2v) is 6.39. The van der Waals surface area contributed by atoms with E-state index in [1.807, 2.05) is 12.1 Å². The predicted octanol–water partition coefficient (Wildman–Crippen LogP) is 3.33. The molecule has 0 radical (unpaired) electrons. The lowest BCUT2D eigenvalue weighted by atomic mass is 10.1. The molecule has 0 bridgehead atoms. The van der Waals surface area contributed by atoms with Gasteiger partial charge in [-0.3, -0.25) is 0 Å². The molecule has 0 amide bonds. The summed E-state index contributed by atoms with van der Waals surface area (Å²) in [5.41, 5.74) is 3.07. The number of rotatable bonds is 6. The Hall–Kier alpha value is -2.57. The van der Waals surface area contributed by atoms with Crippen molar-refractivity contribution in [2.45, 2.75) is 32.1 Å². The van der Waals surface area contributed by atoms with Crippen LogP contribution in [0.25, 0.3) is 11.0 Å². The SMILES string of the molecule is c1cc(CNc2ncnc3ncccc23)cc(COC2CCOCC2)c1. The Balaban J connectivity index is 1.39. The first-order valence-electron chi connectivity index (χ1n) is 8.95. The van der Waals surface area contributed by atoms with Gasteiger partial charge >= 0.3 is 0 Å². The molecular weight excluding hydrogens is 328 g/mol. The van der Waals surface area contributed by atoms with Crippen LogP contribution in [-0.4, -0.2) is 34.3 Å². The predicted molar refractivity (Wildman–Crippen MR) is 99.7 cm³/mol. The Kier molecular flexibility index (Phi) is 5.33. The van der Waals surface area contributed by atoms with Crippen LogP contribution < -0.4 is 5.32 Å². The molecule has 0 spiro atoms. The van der Waals surface area contributed by atoms with E-state index in [9.17, 15) is 0 Å².